The molecule has 0 aliphatic carbocycles. The molecular formula is C24H24O6. The highest BCUT2D eigenvalue weighted by Crippen LogP contribution is 2.31. The summed E-state index contributed by atoms with van der Waals surface area (Å²) in [5.74, 6) is 0.263. The van der Waals surface area contributed by atoms with Gasteiger partial charge in [-0.25, -0.2) is 9.59 Å². The summed E-state index contributed by atoms with van der Waals surface area (Å²) in [6.45, 7) is 5.88. The normalized spacial score (nSPS) is 23.8. The molecule has 2 aromatic carbocycles. The molecule has 0 N–H and O–H groups in total. The Hall–Kier alpha value is -3.12. The Morgan fingerprint density at radius 2 is 1.83 bits per heavy atom. The van der Waals surface area contributed by atoms with Gasteiger partial charge in [0.15, 0.2) is 6.10 Å². The maximum absolute atomic E-state index is 12.6. The van der Waals surface area contributed by atoms with Gasteiger partial charge in [-0.2, -0.15) is 0 Å². The summed E-state index contributed by atoms with van der Waals surface area (Å²) >= 11 is 0. The number of hydrogen-bond donors (Lipinski definition) is 0. The van der Waals surface area contributed by atoms with Gasteiger partial charge in [0.25, 0.3) is 0 Å². The number of fused-ring (bicyclic) bond motifs is 1. The van der Waals surface area contributed by atoms with Gasteiger partial charge in [-0.1, -0.05) is 25.1 Å². The Kier molecular flexibility index (Phi) is 5.59. The third-order valence-electron chi connectivity index (χ3n) is 5.50. The van der Waals surface area contributed by atoms with Crippen LogP contribution in [0.5, 0.6) is 5.75 Å². The average Bonchev–Trinajstić information content (AvgIpc) is 2.72. The molecule has 30 heavy (non-hydrogen) atoms. The van der Waals surface area contributed by atoms with Crippen molar-refractivity contribution in [1.82, 2.24) is 0 Å². The Morgan fingerprint density at radius 3 is 2.60 bits per heavy atom. The van der Waals surface area contributed by atoms with Crippen LogP contribution >= 0.6 is 0 Å². The van der Waals surface area contributed by atoms with E-state index in [0.717, 1.165) is 10.9 Å². The zero-order valence-corrected chi connectivity index (χ0v) is 17.2. The highest BCUT2D eigenvalue weighted by Gasteiger charge is 2.38. The van der Waals surface area contributed by atoms with E-state index in [1.165, 1.54) is 6.07 Å². The number of rotatable bonds is 4. The molecule has 0 bridgehead atoms. The lowest BCUT2D eigenvalue weighted by molar-refractivity contribution is -0.213. The maximum Gasteiger partial charge on any atom is 0.338 e. The van der Waals surface area contributed by atoms with Gasteiger partial charge in [-0.3, -0.25) is 0 Å². The molecule has 3 aromatic rings. The first-order valence-corrected chi connectivity index (χ1v) is 10.0. The summed E-state index contributed by atoms with van der Waals surface area (Å²) in [7, 11) is 0. The number of esters is 1. The molecule has 1 aliphatic rings. The van der Waals surface area contributed by atoms with Gasteiger partial charge in [-0.15, -0.1) is 0 Å². The number of hydrogen-bond acceptors (Lipinski definition) is 6. The van der Waals surface area contributed by atoms with E-state index in [4.69, 9.17) is 18.6 Å². The lowest BCUT2D eigenvalue weighted by Gasteiger charge is -2.38. The predicted octanol–water partition coefficient (Wildman–Crippen LogP) is 4.48. The van der Waals surface area contributed by atoms with Gasteiger partial charge in [0, 0.05) is 17.5 Å². The van der Waals surface area contributed by atoms with Crippen LogP contribution in [0.3, 0.4) is 0 Å². The zero-order valence-electron chi connectivity index (χ0n) is 17.2. The molecule has 0 spiro atoms. The molecule has 156 valence electrons. The van der Waals surface area contributed by atoms with E-state index >= 15 is 0 Å². The number of aryl methyl sites for hydroxylation is 1. The van der Waals surface area contributed by atoms with Crippen molar-refractivity contribution >= 4 is 16.9 Å². The van der Waals surface area contributed by atoms with Crippen molar-refractivity contribution in [2.75, 3.05) is 0 Å². The molecule has 0 saturated carbocycles. The summed E-state index contributed by atoms with van der Waals surface area (Å²) in [5.41, 5.74) is 1.33. The van der Waals surface area contributed by atoms with Crippen LogP contribution in [0.25, 0.3) is 11.0 Å². The standard InChI is InChI=1S/C24H24O6/c1-14-11-21(30-23(26)17-7-5-4-6-8-17)24(27-16(14)3)28-18-9-10-19-15(2)12-22(25)29-20(19)13-18/h4-10,12-14,16,21,24H,11H2,1-3H3/t14-,16-,21-,24-/m0/s1. The summed E-state index contributed by atoms with van der Waals surface area (Å²) < 4.78 is 23.1. The van der Waals surface area contributed by atoms with Crippen LogP contribution in [0.2, 0.25) is 0 Å². The van der Waals surface area contributed by atoms with Crippen LogP contribution in [0.4, 0.5) is 0 Å². The van der Waals surface area contributed by atoms with E-state index in [1.54, 1.807) is 36.4 Å². The molecule has 1 aromatic heterocycles. The van der Waals surface area contributed by atoms with Gasteiger partial charge in [0.2, 0.25) is 6.29 Å². The third-order valence-corrected chi connectivity index (χ3v) is 5.50. The Labute approximate surface area is 174 Å². The SMILES string of the molecule is Cc1cc(=O)oc2cc(O[C@@H]3O[C@@H](C)[C@@H](C)C[C@@H]3OC(=O)c3ccccc3)ccc12. The highest BCUT2D eigenvalue weighted by molar-refractivity contribution is 5.89. The van der Waals surface area contributed by atoms with Crippen molar-refractivity contribution in [1.29, 1.82) is 0 Å². The Morgan fingerprint density at radius 1 is 1.07 bits per heavy atom. The number of ether oxygens (including phenoxy) is 3. The Balaban J connectivity index is 1.57. The number of benzene rings is 2. The quantitative estimate of drug-likeness (QED) is 0.468. The van der Waals surface area contributed by atoms with Crippen molar-refractivity contribution in [3.63, 3.8) is 0 Å². The van der Waals surface area contributed by atoms with E-state index in [-0.39, 0.29) is 12.0 Å². The first-order valence-electron chi connectivity index (χ1n) is 10.0. The predicted molar refractivity (Wildman–Crippen MR) is 112 cm³/mol. The minimum Gasteiger partial charge on any atom is -0.461 e. The van der Waals surface area contributed by atoms with E-state index in [1.807, 2.05) is 26.0 Å². The number of carbonyl (C=O) groups is 1. The van der Waals surface area contributed by atoms with E-state index < -0.39 is 24.0 Å². The topological polar surface area (TPSA) is 75.0 Å². The smallest absolute Gasteiger partial charge is 0.338 e. The monoisotopic (exact) mass is 408 g/mol. The van der Waals surface area contributed by atoms with Crippen molar-refractivity contribution < 1.29 is 23.4 Å². The molecule has 4 rings (SSSR count). The molecule has 4 atom stereocenters. The molecular weight excluding hydrogens is 384 g/mol. The van der Waals surface area contributed by atoms with Crippen molar-refractivity contribution in [2.24, 2.45) is 5.92 Å². The van der Waals surface area contributed by atoms with Crippen LogP contribution in [0.1, 0.15) is 36.2 Å². The van der Waals surface area contributed by atoms with Gasteiger partial charge >= 0.3 is 11.6 Å². The molecule has 0 unspecified atom stereocenters. The molecule has 2 heterocycles. The van der Waals surface area contributed by atoms with Crippen molar-refractivity contribution in [2.45, 2.75) is 45.7 Å². The minimum atomic E-state index is -0.766. The van der Waals surface area contributed by atoms with Crippen LogP contribution in [0.15, 0.2) is 63.8 Å². The summed E-state index contributed by atoms with van der Waals surface area (Å²) in [6, 6.07) is 15.6. The van der Waals surface area contributed by atoms with Crippen molar-refractivity contribution in [3.8, 4) is 5.75 Å². The second kappa shape index (κ2) is 8.32. The fraction of sp³-hybridized carbons (Fsp3) is 0.333. The van der Waals surface area contributed by atoms with Crippen LogP contribution in [-0.4, -0.2) is 24.5 Å². The lowest BCUT2D eigenvalue weighted by atomic mass is 9.95. The van der Waals surface area contributed by atoms with Gasteiger partial charge in [0.05, 0.1) is 11.7 Å². The van der Waals surface area contributed by atoms with Crippen molar-refractivity contribution in [3.05, 3.63) is 76.1 Å². The molecule has 1 saturated heterocycles. The van der Waals surface area contributed by atoms with Gasteiger partial charge < -0.3 is 18.6 Å². The van der Waals surface area contributed by atoms with Crippen LogP contribution in [-0.2, 0) is 9.47 Å². The molecule has 6 heteroatoms. The first-order chi connectivity index (χ1) is 14.4. The highest BCUT2D eigenvalue weighted by atomic mass is 16.7. The average molecular weight is 408 g/mol. The van der Waals surface area contributed by atoms with E-state index in [0.29, 0.717) is 23.3 Å². The van der Waals surface area contributed by atoms with Crippen LogP contribution < -0.4 is 10.4 Å². The minimum absolute atomic E-state index is 0.0534. The molecule has 1 fully saturated rings. The maximum atomic E-state index is 12.6. The van der Waals surface area contributed by atoms with E-state index in [2.05, 4.69) is 6.92 Å². The van der Waals surface area contributed by atoms with E-state index in [9.17, 15) is 9.59 Å². The second-order valence-electron chi connectivity index (χ2n) is 7.76. The molecule has 6 nitrogen and oxygen atoms in total. The van der Waals surface area contributed by atoms with Crippen LogP contribution in [0, 0.1) is 12.8 Å². The molecule has 1 aliphatic heterocycles. The Bertz CT molecular complexity index is 1100. The lowest BCUT2D eigenvalue weighted by Crippen LogP contribution is -2.47. The second-order valence-corrected chi connectivity index (χ2v) is 7.76. The number of carbonyl (C=O) groups excluding carboxylic acids is 1. The summed E-state index contributed by atoms with van der Waals surface area (Å²) in [5, 5.41) is 0.834. The molecule has 0 radical (unpaired) electrons. The summed E-state index contributed by atoms with van der Waals surface area (Å²) in [6.07, 6.45) is -0.768. The fourth-order valence-electron chi connectivity index (χ4n) is 3.60. The fourth-order valence-corrected chi connectivity index (χ4v) is 3.60. The molecule has 0 amide bonds. The third kappa shape index (κ3) is 4.24. The van der Waals surface area contributed by atoms with Gasteiger partial charge in [-0.05, 0) is 56.0 Å². The first kappa shape index (κ1) is 20.2. The largest absolute Gasteiger partial charge is 0.461 e. The summed E-state index contributed by atoms with van der Waals surface area (Å²) in [4.78, 5) is 24.3. The van der Waals surface area contributed by atoms with Gasteiger partial charge in [0.1, 0.15) is 11.3 Å². The zero-order chi connectivity index (χ0) is 21.3.